The van der Waals surface area contributed by atoms with E-state index >= 15 is 0 Å². The van der Waals surface area contributed by atoms with Crippen LogP contribution in [-0.2, 0) is 9.53 Å². The van der Waals surface area contributed by atoms with Gasteiger partial charge in [0, 0.05) is 0 Å². The largest absolute Gasteiger partial charge is 0.394 e. The Hall–Kier alpha value is -0.570. The molecule has 1 aliphatic heterocycles. The van der Waals surface area contributed by atoms with Gasteiger partial charge in [-0.15, -0.1) is 0 Å². The molecule has 88 valence electrons. The zero-order chi connectivity index (χ0) is 11.6. The zero-order valence-corrected chi connectivity index (χ0v) is 7.80. The van der Waals surface area contributed by atoms with Crippen molar-refractivity contribution in [3.8, 4) is 0 Å². The highest BCUT2D eigenvalue weighted by Gasteiger charge is 2.45. The molecule has 1 heterocycles. The average molecular weight is 222 g/mol. The molecule has 7 nitrogen and oxygen atoms in total. The summed E-state index contributed by atoms with van der Waals surface area (Å²) in [5.41, 5.74) is 0. The highest BCUT2D eigenvalue weighted by Crippen LogP contribution is 2.22. The lowest BCUT2D eigenvalue weighted by molar-refractivity contribution is -0.245. The van der Waals surface area contributed by atoms with Crippen molar-refractivity contribution >= 4 is 6.29 Å². The summed E-state index contributed by atoms with van der Waals surface area (Å²) in [5, 5.41) is 46.0. The van der Waals surface area contributed by atoms with Crippen LogP contribution in [0.15, 0.2) is 0 Å². The van der Waals surface area contributed by atoms with Crippen molar-refractivity contribution in [3.63, 3.8) is 0 Å². The molecule has 1 saturated heterocycles. The highest BCUT2D eigenvalue weighted by molar-refractivity contribution is 5.56. The fraction of sp³-hybridized carbons (Fsp3) is 0.875. The van der Waals surface area contributed by atoms with E-state index in [2.05, 4.69) is 0 Å². The second kappa shape index (κ2) is 4.97. The summed E-state index contributed by atoms with van der Waals surface area (Å²) in [6.07, 6.45) is -8.57. The van der Waals surface area contributed by atoms with Gasteiger partial charge in [0.15, 0.2) is 6.29 Å². The summed E-state index contributed by atoms with van der Waals surface area (Å²) in [5.74, 6) is 0. The Labute approximate surface area is 85.5 Å². The Kier molecular flexibility index (Phi) is 4.14. The molecule has 0 aliphatic carbocycles. The number of aliphatic hydroxyl groups is 5. The Morgan fingerprint density at radius 1 is 1.20 bits per heavy atom. The van der Waals surface area contributed by atoms with Crippen LogP contribution in [0.25, 0.3) is 0 Å². The van der Waals surface area contributed by atoms with Crippen LogP contribution in [0.5, 0.6) is 0 Å². The molecule has 0 spiro atoms. The van der Waals surface area contributed by atoms with Crippen LogP contribution in [-0.4, -0.2) is 75.0 Å². The molecule has 0 aromatic carbocycles. The van der Waals surface area contributed by atoms with E-state index in [0.717, 1.165) is 0 Å². The smallest absolute Gasteiger partial charge is 0.151 e. The Morgan fingerprint density at radius 2 is 1.80 bits per heavy atom. The third kappa shape index (κ3) is 2.33. The molecule has 2 unspecified atom stereocenters. The first-order valence-corrected chi connectivity index (χ1v) is 4.46. The van der Waals surface area contributed by atoms with Crippen molar-refractivity contribution in [1.29, 1.82) is 0 Å². The minimum Gasteiger partial charge on any atom is -0.394 e. The van der Waals surface area contributed by atoms with Crippen molar-refractivity contribution in [2.45, 2.75) is 36.6 Å². The average Bonchev–Trinajstić information content (AvgIpc) is 2.25. The molecule has 6 atom stereocenters. The summed E-state index contributed by atoms with van der Waals surface area (Å²) >= 11 is 0. The van der Waals surface area contributed by atoms with Crippen LogP contribution < -0.4 is 0 Å². The van der Waals surface area contributed by atoms with Gasteiger partial charge < -0.3 is 35.1 Å². The van der Waals surface area contributed by atoms with E-state index in [9.17, 15) is 20.1 Å². The van der Waals surface area contributed by atoms with E-state index in [-0.39, 0.29) is 6.29 Å². The van der Waals surface area contributed by atoms with Gasteiger partial charge in [-0.2, -0.15) is 0 Å². The minimum atomic E-state index is -1.61. The molecule has 1 fully saturated rings. The summed E-state index contributed by atoms with van der Waals surface area (Å²) in [6.45, 7) is -0.590. The quantitative estimate of drug-likeness (QED) is 0.312. The topological polar surface area (TPSA) is 127 Å². The van der Waals surface area contributed by atoms with Crippen molar-refractivity contribution in [3.05, 3.63) is 0 Å². The normalized spacial score (nSPS) is 43.7. The standard InChI is InChI=1S/C8H14O7/c9-1-3(11)8-7(14)6(13)5(12)4(2-10)15-8/h1,3-8,10-14H,2H2/t3?,4-,5+,6+,7-,8?/m1/s1. The van der Waals surface area contributed by atoms with Crippen molar-refractivity contribution < 1.29 is 35.1 Å². The van der Waals surface area contributed by atoms with E-state index in [0.29, 0.717) is 0 Å². The Bertz CT molecular complexity index is 219. The first kappa shape index (κ1) is 12.5. The van der Waals surface area contributed by atoms with Gasteiger partial charge in [-0.1, -0.05) is 0 Å². The van der Waals surface area contributed by atoms with Crippen LogP contribution in [0.4, 0.5) is 0 Å². The van der Waals surface area contributed by atoms with Crippen molar-refractivity contribution in [1.82, 2.24) is 0 Å². The third-order valence-corrected chi connectivity index (χ3v) is 2.41. The second-order valence-corrected chi connectivity index (χ2v) is 3.42. The number of rotatable bonds is 3. The van der Waals surface area contributed by atoms with E-state index in [1.807, 2.05) is 0 Å². The van der Waals surface area contributed by atoms with E-state index < -0.39 is 43.2 Å². The molecule has 1 aliphatic rings. The van der Waals surface area contributed by atoms with Gasteiger partial charge in [-0.3, -0.25) is 0 Å². The molecule has 0 bridgehead atoms. The number of aldehydes is 1. The van der Waals surface area contributed by atoms with Crippen LogP contribution in [0.1, 0.15) is 0 Å². The van der Waals surface area contributed by atoms with Crippen LogP contribution in [0.2, 0.25) is 0 Å². The van der Waals surface area contributed by atoms with Crippen LogP contribution in [0, 0.1) is 0 Å². The molecule has 0 amide bonds. The first-order chi connectivity index (χ1) is 7.02. The van der Waals surface area contributed by atoms with Crippen molar-refractivity contribution in [2.24, 2.45) is 0 Å². The van der Waals surface area contributed by atoms with Crippen molar-refractivity contribution in [2.75, 3.05) is 6.61 Å². The lowest BCUT2D eigenvalue weighted by Crippen LogP contribution is -2.61. The zero-order valence-electron chi connectivity index (χ0n) is 7.80. The number of carbonyl (C=O) groups is 1. The maximum atomic E-state index is 10.3. The van der Waals surface area contributed by atoms with E-state index in [1.165, 1.54) is 0 Å². The molecule has 1 rings (SSSR count). The molecular formula is C8H14O7. The predicted molar refractivity (Wildman–Crippen MR) is 45.8 cm³/mol. The second-order valence-electron chi connectivity index (χ2n) is 3.42. The summed E-state index contributed by atoms with van der Waals surface area (Å²) in [4.78, 5) is 10.3. The predicted octanol–water partition coefficient (Wildman–Crippen LogP) is -3.61. The number of hydrogen-bond donors (Lipinski definition) is 5. The first-order valence-electron chi connectivity index (χ1n) is 4.46. The summed E-state index contributed by atoms with van der Waals surface area (Å²) in [7, 11) is 0. The van der Waals surface area contributed by atoms with Gasteiger partial charge in [-0.05, 0) is 0 Å². The molecule has 0 radical (unpaired) electrons. The lowest BCUT2D eigenvalue weighted by atomic mass is 9.93. The molecule has 0 aromatic heterocycles. The molecule has 15 heavy (non-hydrogen) atoms. The number of ether oxygens (including phenoxy) is 1. The SMILES string of the molecule is O=CC(O)C1O[C@H](CO)[C@H](O)[C@H](O)[C@H]1O. The van der Waals surface area contributed by atoms with Crippen LogP contribution >= 0.6 is 0 Å². The maximum absolute atomic E-state index is 10.3. The Balaban J connectivity index is 2.78. The van der Waals surface area contributed by atoms with Gasteiger partial charge in [0.05, 0.1) is 6.61 Å². The monoisotopic (exact) mass is 222 g/mol. The lowest BCUT2D eigenvalue weighted by Gasteiger charge is -2.40. The number of aliphatic hydroxyl groups excluding tert-OH is 5. The fourth-order valence-electron chi connectivity index (χ4n) is 1.49. The number of carbonyl (C=O) groups excluding carboxylic acids is 1. The van der Waals surface area contributed by atoms with E-state index in [1.54, 1.807) is 0 Å². The van der Waals surface area contributed by atoms with Gasteiger partial charge in [-0.25, -0.2) is 0 Å². The molecular weight excluding hydrogens is 208 g/mol. The number of hydrogen-bond acceptors (Lipinski definition) is 7. The molecule has 0 aromatic rings. The minimum absolute atomic E-state index is 0.146. The van der Waals surface area contributed by atoms with Gasteiger partial charge >= 0.3 is 0 Å². The summed E-state index contributed by atoms with van der Waals surface area (Å²) in [6, 6.07) is 0. The Morgan fingerprint density at radius 3 is 2.27 bits per heavy atom. The van der Waals surface area contributed by atoms with E-state index in [4.69, 9.17) is 14.9 Å². The third-order valence-electron chi connectivity index (χ3n) is 2.41. The molecule has 0 saturated carbocycles. The van der Waals surface area contributed by atoms with Crippen LogP contribution in [0.3, 0.4) is 0 Å². The maximum Gasteiger partial charge on any atom is 0.151 e. The summed E-state index contributed by atoms with van der Waals surface area (Å²) < 4.78 is 4.89. The molecule has 5 N–H and O–H groups in total. The highest BCUT2D eigenvalue weighted by atomic mass is 16.6. The van der Waals surface area contributed by atoms with Gasteiger partial charge in [0.1, 0.15) is 36.6 Å². The molecule has 7 heteroatoms. The fourth-order valence-corrected chi connectivity index (χ4v) is 1.49. The van der Waals surface area contributed by atoms with Gasteiger partial charge in [0.2, 0.25) is 0 Å². The van der Waals surface area contributed by atoms with Gasteiger partial charge in [0.25, 0.3) is 0 Å².